The summed E-state index contributed by atoms with van der Waals surface area (Å²) in [5.41, 5.74) is 3.88. The Morgan fingerprint density at radius 3 is 2.39 bits per heavy atom. The molecule has 4 amide bonds. The van der Waals surface area contributed by atoms with Crippen molar-refractivity contribution in [2.24, 2.45) is 0 Å². The second kappa shape index (κ2) is 10.6. The second-order valence-corrected chi connectivity index (χ2v) is 7.52. The summed E-state index contributed by atoms with van der Waals surface area (Å²) in [7, 11) is 0. The molecule has 8 nitrogen and oxygen atoms in total. The van der Waals surface area contributed by atoms with Gasteiger partial charge in [0.2, 0.25) is 5.91 Å². The number of hydrogen-bond acceptors (Lipinski definition) is 4. The van der Waals surface area contributed by atoms with E-state index in [4.69, 9.17) is 4.74 Å². The topological polar surface area (TPSA) is 109 Å². The summed E-state index contributed by atoms with van der Waals surface area (Å²) < 4.78 is 5.31. The molecule has 0 bridgehead atoms. The monoisotopic (exact) mass is 424 g/mol. The SMILES string of the molecule is Cc1ccc(NC(=O)Nc2ccc(C(=O)NCCNC(=O)C3CCCO3)cc2)c(C)c1. The van der Waals surface area contributed by atoms with E-state index < -0.39 is 0 Å². The standard InChI is InChI=1S/C23H28N4O4/c1-15-5-10-19(16(2)14-15)27-23(30)26-18-8-6-17(7-9-18)21(28)24-11-12-25-22(29)20-4-3-13-31-20/h5-10,14,20H,3-4,11-13H2,1-2H3,(H,24,28)(H,25,29)(H2,26,27,30). The predicted molar refractivity (Wildman–Crippen MR) is 119 cm³/mol. The molecule has 2 aromatic carbocycles. The van der Waals surface area contributed by atoms with Crippen molar-refractivity contribution >= 4 is 29.2 Å². The smallest absolute Gasteiger partial charge is 0.323 e. The summed E-state index contributed by atoms with van der Waals surface area (Å²) in [5.74, 6) is -0.390. The second-order valence-electron chi connectivity index (χ2n) is 7.52. The maximum absolute atomic E-state index is 12.2. The normalized spacial score (nSPS) is 15.2. The Kier molecular flexibility index (Phi) is 7.61. The number of urea groups is 1. The largest absolute Gasteiger partial charge is 0.368 e. The Balaban J connectivity index is 1.41. The van der Waals surface area contributed by atoms with Crippen molar-refractivity contribution in [1.29, 1.82) is 0 Å². The lowest BCUT2D eigenvalue weighted by atomic mass is 10.1. The van der Waals surface area contributed by atoms with Gasteiger partial charge in [-0.1, -0.05) is 17.7 Å². The highest BCUT2D eigenvalue weighted by atomic mass is 16.5. The Labute approximate surface area is 181 Å². The first kappa shape index (κ1) is 22.3. The van der Waals surface area contributed by atoms with Gasteiger partial charge in [-0.25, -0.2) is 4.79 Å². The zero-order valence-corrected chi connectivity index (χ0v) is 17.8. The maximum Gasteiger partial charge on any atom is 0.323 e. The van der Waals surface area contributed by atoms with Crippen LogP contribution in [0.1, 0.15) is 34.3 Å². The van der Waals surface area contributed by atoms with Gasteiger partial charge in [0.05, 0.1) is 0 Å². The van der Waals surface area contributed by atoms with Crippen molar-refractivity contribution < 1.29 is 19.1 Å². The molecule has 31 heavy (non-hydrogen) atoms. The predicted octanol–water partition coefficient (Wildman–Crippen LogP) is 2.97. The first-order valence-corrected chi connectivity index (χ1v) is 10.4. The Bertz CT molecular complexity index is 937. The van der Waals surface area contributed by atoms with Gasteiger partial charge in [-0.05, 0) is 62.6 Å². The number of carbonyl (C=O) groups is 3. The van der Waals surface area contributed by atoms with Gasteiger partial charge in [0.25, 0.3) is 5.91 Å². The molecule has 4 N–H and O–H groups in total. The molecule has 1 aliphatic rings. The number of rotatable bonds is 7. The average Bonchev–Trinajstić information content (AvgIpc) is 3.28. The van der Waals surface area contributed by atoms with Crippen LogP contribution in [0.15, 0.2) is 42.5 Å². The minimum atomic E-state index is -0.372. The highest BCUT2D eigenvalue weighted by molar-refractivity contribution is 6.01. The number of nitrogens with one attached hydrogen (secondary N) is 4. The van der Waals surface area contributed by atoms with E-state index in [1.54, 1.807) is 24.3 Å². The summed E-state index contributed by atoms with van der Waals surface area (Å²) in [5, 5.41) is 11.1. The van der Waals surface area contributed by atoms with Gasteiger partial charge in [0.1, 0.15) is 6.10 Å². The fourth-order valence-electron chi connectivity index (χ4n) is 3.31. The molecule has 1 aliphatic heterocycles. The van der Waals surface area contributed by atoms with Crippen molar-refractivity contribution in [2.75, 3.05) is 30.3 Å². The number of benzene rings is 2. The molecule has 0 aromatic heterocycles. The van der Waals surface area contributed by atoms with Gasteiger partial charge in [-0.2, -0.15) is 0 Å². The molecule has 2 aromatic rings. The minimum absolute atomic E-state index is 0.138. The van der Waals surface area contributed by atoms with Crippen LogP contribution in [-0.4, -0.2) is 43.6 Å². The van der Waals surface area contributed by atoms with E-state index in [-0.39, 0.29) is 23.9 Å². The lowest BCUT2D eigenvalue weighted by molar-refractivity contribution is -0.129. The molecule has 3 rings (SSSR count). The number of anilines is 2. The molecule has 1 fully saturated rings. The highest BCUT2D eigenvalue weighted by Gasteiger charge is 2.22. The molecule has 1 unspecified atom stereocenters. The van der Waals surface area contributed by atoms with Crippen LogP contribution in [0.25, 0.3) is 0 Å². The van der Waals surface area contributed by atoms with Gasteiger partial charge >= 0.3 is 6.03 Å². The van der Waals surface area contributed by atoms with E-state index in [9.17, 15) is 14.4 Å². The summed E-state index contributed by atoms with van der Waals surface area (Å²) in [6.07, 6.45) is 1.26. The van der Waals surface area contributed by atoms with Crippen molar-refractivity contribution in [3.63, 3.8) is 0 Å². The van der Waals surface area contributed by atoms with Crippen molar-refractivity contribution in [1.82, 2.24) is 10.6 Å². The number of carbonyl (C=O) groups excluding carboxylic acids is 3. The van der Waals surface area contributed by atoms with Gasteiger partial charge in [0.15, 0.2) is 0 Å². The molecule has 8 heteroatoms. The maximum atomic E-state index is 12.2. The lowest BCUT2D eigenvalue weighted by Crippen LogP contribution is -2.39. The summed E-state index contributed by atoms with van der Waals surface area (Å²) >= 11 is 0. The van der Waals surface area contributed by atoms with Crippen molar-refractivity contribution in [3.8, 4) is 0 Å². The summed E-state index contributed by atoms with van der Waals surface area (Å²) in [6.45, 7) is 5.20. The Morgan fingerprint density at radius 2 is 1.71 bits per heavy atom. The van der Waals surface area contributed by atoms with Crippen molar-refractivity contribution in [3.05, 3.63) is 59.2 Å². The first-order chi connectivity index (χ1) is 14.9. The number of hydrogen-bond donors (Lipinski definition) is 4. The van der Waals surface area contributed by atoms with E-state index in [1.165, 1.54) is 0 Å². The number of amides is 4. The quantitative estimate of drug-likeness (QED) is 0.513. The van der Waals surface area contributed by atoms with Crippen molar-refractivity contribution in [2.45, 2.75) is 32.8 Å². The van der Waals surface area contributed by atoms with Gasteiger partial charge in [-0.15, -0.1) is 0 Å². The van der Waals surface area contributed by atoms with E-state index in [0.717, 1.165) is 29.7 Å². The van der Waals surface area contributed by atoms with Gasteiger partial charge < -0.3 is 26.0 Å². The zero-order valence-electron chi connectivity index (χ0n) is 17.8. The molecule has 1 saturated heterocycles. The van der Waals surface area contributed by atoms with Crippen LogP contribution in [0.5, 0.6) is 0 Å². The third-order valence-corrected chi connectivity index (χ3v) is 4.97. The van der Waals surface area contributed by atoms with Crippen LogP contribution < -0.4 is 21.3 Å². The first-order valence-electron chi connectivity index (χ1n) is 10.4. The van der Waals surface area contributed by atoms with E-state index in [0.29, 0.717) is 30.9 Å². The third-order valence-electron chi connectivity index (χ3n) is 4.97. The molecule has 0 radical (unpaired) electrons. The van der Waals surface area contributed by atoms with Crippen LogP contribution in [0.2, 0.25) is 0 Å². The molecule has 1 atom stereocenters. The third kappa shape index (κ3) is 6.55. The average molecular weight is 425 g/mol. The minimum Gasteiger partial charge on any atom is -0.368 e. The Hall–Kier alpha value is -3.39. The molecule has 0 saturated carbocycles. The molecule has 0 aliphatic carbocycles. The molecule has 164 valence electrons. The molecular weight excluding hydrogens is 396 g/mol. The van der Waals surface area contributed by atoms with Crippen LogP contribution in [0.3, 0.4) is 0 Å². The number of ether oxygens (including phenoxy) is 1. The van der Waals surface area contributed by atoms with E-state index in [2.05, 4.69) is 21.3 Å². The highest BCUT2D eigenvalue weighted by Crippen LogP contribution is 2.17. The van der Waals surface area contributed by atoms with Crippen LogP contribution in [0, 0.1) is 13.8 Å². The summed E-state index contributed by atoms with van der Waals surface area (Å²) in [4.78, 5) is 36.3. The fraction of sp³-hybridized carbons (Fsp3) is 0.348. The van der Waals surface area contributed by atoms with E-state index >= 15 is 0 Å². The van der Waals surface area contributed by atoms with Crippen LogP contribution in [0.4, 0.5) is 16.2 Å². The summed E-state index contributed by atoms with van der Waals surface area (Å²) in [6, 6.07) is 12.0. The van der Waals surface area contributed by atoms with Crippen LogP contribution in [-0.2, 0) is 9.53 Å². The molecule has 1 heterocycles. The zero-order chi connectivity index (χ0) is 22.2. The fourth-order valence-corrected chi connectivity index (χ4v) is 3.31. The van der Waals surface area contributed by atoms with Gasteiger partial charge in [0, 0.05) is 36.6 Å². The Morgan fingerprint density at radius 1 is 0.968 bits per heavy atom. The molecule has 0 spiro atoms. The van der Waals surface area contributed by atoms with Gasteiger partial charge in [-0.3, -0.25) is 9.59 Å². The van der Waals surface area contributed by atoms with E-state index in [1.807, 2.05) is 32.0 Å². The number of aryl methyl sites for hydroxylation is 2. The molecular formula is C23H28N4O4. The van der Waals surface area contributed by atoms with Crippen LogP contribution >= 0.6 is 0 Å². The lowest BCUT2D eigenvalue weighted by Gasteiger charge is -2.12.